The molecule has 0 saturated carbocycles. The van der Waals surface area contributed by atoms with Crippen LogP contribution in [0, 0.1) is 11.3 Å². The monoisotopic (exact) mass is 781 g/mol. The summed E-state index contributed by atoms with van der Waals surface area (Å²) in [6.45, 7) is 0. The molecule has 0 spiro atoms. The summed E-state index contributed by atoms with van der Waals surface area (Å²) in [7, 11) is 0. The lowest BCUT2D eigenvalue weighted by atomic mass is 9.89. The first kappa shape index (κ1) is 36.5. The van der Waals surface area contributed by atoms with E-state index in [1.54, 1.807) is 0 Å². The van der Waals surface area contributed by atoms with Crippen LogP contribution in [0.1, 0.15) is 27.8 Å². The van der Waals surface area contributed by atoms with Crippen LogP contribution in [-0.4, -0.2) is 9.13 Å². The zero-order valence-corrected chi connectivity index (χ0v) is 27.8. The lowest BCUT2D eigenvalue weighted by Gasteiger charge is -2.25. The Bertz CT molecular complexity index is 2750. The van der Waals surface area contributed by atoms with E-state index in [1.165, 1.54) is 48.5 Å². The van der Waals surface area contributed by atoms with Crippen molar-refractivity contribution in [3.63, 3.8) is 0 Å². The Balaban J connectivity index is 1.69. The van der Waals surface area contributed by atoms with E-state index in [-0.39, 0.29) is 49.2 Å². The van der Waals surface area contributed by atoms with Crippen molar-refractivity contribution < 1.29 is 52.7 Å². The lowest BCUT2D eigenvalue weighted by Crippen LogP contribution is -2.16. The summed E-state index contributed by atoms with van der Waals surface area (Å²) < 4.78 is 178. The Labute approximate surface area is 306 Å². The van der Waals surface area contributed by atoms with Gasteiger partial charge < -0.3 is 9.13 Å². The number of fused-ring (bicyclic) bond motifs is 6. The minimum absolute atomic E-state index is 0.0451. The van der Waals surface area contributed by atoms with Crippen molar-refractivity contribution in [2.75, 3.05) is 0 Å². The van der Waals surface area contributed by atoms with E-state index in [9.17, 15) is 31.6 Å². The van der Waals surface area contributed by atoms with Crippen LogP contribution in [0.5, 0.6) is 0 Å². The smallest absolute Gasteiger partial charge is 0.308 e. The van der Waals surface area contributed by atoms with Gasteiger partial charge in [0.1, 0.15) is 0 Å². The Hall–Kier alpha value is -6.43. The van der Waals surface area contributed by atoms with Crippen LogP contribution in [0.15, 0.2) is 115 Å². The van der Waals surface area contributed by atoms with Crippen LogP contribution in [0.4, 0.5) is 52.7 Å². The number of hydrogen-bond donors (Lipinski definition) is 0. The van der Waals surface area contributed by atoms with Crippen molar-refractivity contribution in [1.29, 1.82) is 5.26 Å². The quantitative estimate of drug-likeness (QED) is 0.164. The van der Waals surface area contributed by atoms with Crippen LogP contribution in [0.25, 0.3) is 66.1 Å². The molecule has 0 aliphatic carbocycles. The van der Waals surface area contributed by atoms with Crippen LogP contribution in [0.3, 0.4) is 0 Å². The van der Waals surface area contributed by atoms with E-state index < -0.39 is 69.5 Å². The molecule has 0 aliphatic heterocycles. The van der Waals surface area contributed by atoms with Crippen molar-refractivity contribution >= 4 is 43.6 Å². The Morgan fingerprint density at radius 2 is 0.786 bits per heavy atom. The minimum atomic E-state index is -5.48. The summed E-state index contributed by atoms with van der Waals surface area (Å²) in [5.41, 5.74) is -10.3. The van der Waals surface area contributed by atoms with Crippen molar-refractivity contribution in [2.24, 2.45) is 0 Å². The number of nitrogens with zero attached hydrogens (tertiary/aromatic N) is 3. The molecule has 282 valence electrons. The van der Waals surface area contributed by atoms with Gasteiger partial charge in [0.15, 0.2) is 0 Å². The second kappa shape index (κ2) is 12.3. The van der Waals surface area contributed by atoms with Gasteiger partial charge in [0.2, 0.25) is 0 Å². The molecule has 0 N–H and O–H groups in total. The molecule has 0 aliphatic rings. The van der Waals surface area contributed by atoms with Crippen molar-refractivity contribution in [1.82, 2.24) is 9.13 Å². The molecule has 0 amide bonds. The number of benzene rings is 6. The van der Waals surface area contributed by atoms with E-state index in [0.717, 1.165) is 45.5 Å². The normalized spacial score (nSPS) is 13.0. The molecular formula is C41H19F12N3. The van der Waals surface area contributed by atoms with Gasteiger partial charge in [-0.1, -0.05) is 54.6 Å². The van der Waals surface area contributed by atoms with E-state index in [4.69, 9.17) is 0 Å². The molecule has 3 nitrogen and oxygen atoms in total. The van der Waals surface area contributed by atoms with Gasteiger partial charge in [-0.2, -0.15) is 57.9 Å². The standard InChI is InChI=1S/C41H19F12N3/c42-38(43,44)22-12-14-26-24-6-1-3-10-30(24)55(32(26)18-22)34-16-21(20-54)17-35(37(34)36-28(40(48,49)50)8-5-9-29(36)41(51,52)53)56-31-11-4-2-7-25(31)27-15-13-23(19-33(27)56)39(45,46)47/h1-19H. The molecule has 0 atom stereocenters. The number of para-hydroxylation sites is 2. The van der Waals surface area contributed by atoms with Crippen LogP contribution >= 0.6 is 0 Å². The number of hydrogen-bond acceptors (Lipinski definition) is 1. The first-order chi connectivity index (χ1) is 26.3. The topological polar surface area (TPSA) is 33.6 Å². The first-order valence-corrected chi connectivity index (χ1v) is 16.4. The molecule has 6 aromatic carbocycles. The molecule has 56 heavy (non-hydrogen) atoms. The molecule has 8 aromatic rings. The van der Waals surface area contributed by atoms with E-state index in [2.05, 4.69) is 0 Å². The summed E-state index contributed by atoms with van der Waals surface area (Å²) in [5.74, 6) is 0. The van der Waals surface area contributed by atoms with Gasteiger partial charge in [0, 0.05) is 32.7 Å². The zero-order valence-electron chi connectivity index (χ0n) is 27.8. The van der Waals surface area contributed by atoms with Gasteiger partial charge >= 0.3 is 24.7 Å². The molecule has 0 bridgehead atoms. The molecule has 0 unspecified atom stereocenters. The highest BCUT2D eigenvalue weighted by atomic mass is 19.4. The number of nitriles is 1. The predicted octanol–water partition coefficient (Wildman–Crippen LogP) is 13.5. The van der Waals surface area contributed by atoms with Crippen LogP contribution in [0.2, 0.25) is 0 Å². The van der Waals surface area contributed by atoms with E-state index in [0.29, 0.717) is 30.3 Å². The maximum atomic E-state index is 15.1. The molecule has 0 fully saturated rings. The summed E-state index contributed by atoms with van der Waals surface area (Å²) in [4.78, 5) is 0. The first-order valence-electron chi connectivity index (χ1n) is 16.4. The molecule has 2 heterocycles. The average Bonchev–Trinajstić information content (AvgIpc) is 3.64. The number of alkyl halides is 12. The summed E-state index contributed by atoms with van der Waals surface area (Å²) in [6.07, 6.45) is -20.8. The van der Waals surface area contributed by atoms with Gasteiger partial charge in [-0.25, -0.2) is 0 Å². The summed E-state index contributed by atoms with van der Waals surface area (Å²) >= 11 is 0. The largest absolute Gasteiger partial charge is 0.417 e. The Morgan fingerprint density at radius 3 is 1.16 bits per heavy atom. The van der Waals surface area contributed by atoms with E-state index in [1.807, 2.05) is 6.07 Å². The van der Waals surface area contributed by atoms with Gasteiger partial charge in [-0.3, -0.25) is 0 Å². The molecule has 0 saturated heterocycles. The Morgan fingerprint density at radius 1 is 0.393 bits per heavy atom. The number of halogens is 12. The summed E-state index contributed by atoms with van der Waals surface area (Å²) in [5, 5.41) is 11.1. The molecular weight excluding hydrogens is 762 g/mol. The van der Waals surface area contributed by atoms with Gasteiger partial charge in [0.25, 0.3) is 0 Å². The average molecular weight is 782 g/mol. The fraction of sp³-hybridized carbons (Fsp3) is 0.0976. The molecule has 2 aromatic heterocycles. The van der Waals surface area contributed by atoms with Crippen molar-refractivity contribution in [3.8, 4) is 28.6 Å². The zero-order chi connectivity index (χ0) is 40.1. The molecule has 15 heteroatoms. The van der Waals surface area contributed by atoms with Crippen molar-refractivity contribution in [3.05, 3.63) is 143 Å². The molecule has 0 radical (unpaired) electrons. The van der Waals surface area contributed by atoms with E-state index >= 15 is 26.3 Å². The maximum absolute atomic E-state index is 15.1. The van der Waals surface area contributed by atoms with Gasteiger partial charge in [-0.15, -0.1) is 0 Å². The van der Waals surface area contributed by atoms with Crippen LogP contribution < -0.4 is 0 Å². The number of rotatable bonds is 3. The second-order valence-corrected chi connectivity index (χ2v) is 12.9. The lowest BCUT2D eigenvalue weighted by molar-refractivity contribution is -0.142. The van der Waals surface area contributed by atoms with Crippen molar-refractivity contribution in [2.45, 2.75) is 24.7 Å². The summed E-state index contributed by atoms with van der Waals surface area (Å²) in [6, 6.07) is 22.0. The Kier molecular flexibility index (Phi) is 8.02. The fourth-order valence-corrected chi connectivity index (χ4v) is 7.39. The minimum Gasteiger partial charge on any atom is -0.308 e. The third-order valence-electron chi connectivity index (χ3n) is 9.64. The predicted molar refractivity (Wildman–Crippen MR) is 185 cm³/mol. The fourth-order valence-electron chi connectivity index (χ4n) is 7.39. The second-order valence-electron chi connectivity index (χ2n) is 12.9. The van der Waals surface area contributed by atoms with Gasteiger partial charge in [0.05, 0.1) is 67.3 Å². The maximum Gasteiger partial charge on any atom is 0.417 e. The number of aromatic nitrogens is 2. The SMILES string of the molecule is N#Cc1cc(-n2c3ccccc3c3ccc(C(F)(F)F)cc32)c(-c2c(C(F)(F)F)cccc2C(F)(F)F)c(-n2c3ccccc3c3ccc(C(F)(F)F)cc32)c1. The van der Waals surface area contributed by atoms with Gasteiger partial charge in [-0.05, 0) is 60.7 Å². The highest BCUT2D eigenvalue weighted by Gasteiger charge is 2.43. The molecule has 8 rings (SSSR count). The highest BCUT2D eigenvalue weighted by Crippen LogP contribution is 2.51. The van der Waals surface area contributed by atoms with Crippen LogP contribution in [-0.2, 0) is 24.7 Å². The third-order valence-corrected chi connectivity index (χ3v) is 9.64. The highest BCUT2D eigenvalue weighted by molar-refractivity contribution is 6.12. The third kappa shape index (κ3) is 5.78.